The molecule has 0 N–H and O–H groups in total. The van der Waals surface area contributed by atoms with E-state index in [0.29, 0.717) is 6.42 Å². The first kappa shape index (κ1) is 38.0. The van der Waals surface area contributed by atoms with Gasteiger partial charge in [-0.1, -0.05) is 155 Å². The third-order valence-electron chi connectivity index (χ3n) is 7.27. The average Bonchev–Trinajstić information content (AvgIpc) is 2.92. The van der Waals surface area contributed by atoms with Gasteiger partial charge in [0.2, 0.25) is 10.4 Å². The Morgan fingerprint density at radius 3 is 1.21 bits per heavy atom. The second-order valence-electron chi connectivity index (χ2n) is 11.1. The number of aryl methyl sites for hydroxylation is 1. The number of aromatic nitrogens is 1. The summed E-state index contributed by atoms with van der Waals surface area (Å²) in [4.78, 5) is 0. The number of rotatable bonds is 27. The summed E-state index contributed by atoms with van der Waals surface area (Å²) in [6.07, 6.45) is 36.1. The summed E-state index contributed by atoms with van der Waals surface area (Å²) in [5.74, 6) is 0. The molecule has 1 aromatic heterocycles. The van der Waals surface area contributed by atoms with E-state index in [4.69, 9.17) is 0 Å². The van der Waals surface area contributed by atoms with Crippen molar-refractivity contribution < 1.29 is 21.7 Å². The number of hydrogen-bond acceptors (Lipinski definition) is 4. The van der Waals surface area contributed by atoms with Crippen LogP contribution in [0.2, 0.25) is 0 Å². The molecule has 0 aliphatic carbocycles. The molecule has 6 heteroatoms. The van der Waals surface area contributed by atoms with Crippen LogP contribution >= 0.6 is 0 Å². The molecule has 0 aliphatic rings. The van der Waals surface area contributed by atoms with E-state index in [1.54, 1.807) is 0 Å². The van der Waals surface area contributed by atoms with Crippen LogP contribution < -0.4 is 4.57 Å². The largest absolute Gasteiger partial charge is 0.726 e. The van der Waals surface area contributed by atoms with Gasteiger partial charge >= 0.3 is 0 Å². The van der Waals surface area contributed by atoms with Crippen LogP contribution in [0.15, 0.2) is 30.6 Å². The smallest absolute Gasteiger partial charge is 0.217 e. The lowest BCUT2D eigenvalue weighted by Crippen LogP contribution is -2.32. The molecule has 0 fully saturated rings. The summed E-state index contributed by atoms with van der Waals surface area (Å²) in [5.41, 5.74) is 0. The summed E-state index contributed by atoms with van der Waals surface area (Å²) in [5, 5.41) is 0. The zero-order valence-corrected chi connectivity index (χ0v) is 26.6. The molecule has 0 amide bonds. The first-order valence-electron chi connectivity index (χ1n) is 16.5. The molecule has 0 aliphatic heterocycles. The molecule has 0 unspecified atom stereocenters. The lowest BCUT2D eigenvalue weighted by atomic mass is 10.0. The van der Waals surface area contributed by atoms with Crippen LogP contribution in [-0.4, -0.2) is 19.6 Å². The zero-order chi connectivity index (χ0) is 28.7. The average molecular weight is 570 g/mol. The van der Waals surface area contributed by atoms with Gasteiger partial charge in [0.05, 0.1) is 6.61 Å². The van der Waals surface area contributed by atoms with Crippen LogP contribution in [0.4, 0.5) is 0 Å². The van der Waals surface area contributed by atoms with Crippen molar-refractivity contribution in [1.82, 2.24) is 0 Å². The Morgan fingerprint density at radius 1 is 0.513 bits per heavy atom. The monoisotopic (exact) mass is 569 g/mol. The maximum absolute atomic E-state index is 10.1. The van der Waals surface area contributed by atoms with Gasteiger partial charge in [0.15, 0.2) is 12.4 Å². The Bertz CT molecular complexity index is 697. The predicted molar refractivity (Wildman–Crippen MR) is 164 cm³/mol. The van der Waals surface area contributed by atoms with Crippen LogP contribution in [0.3, 0.4) is 0 Å². The van der Waals surface area contributed by atoms with Crippen molar-refractivity contribution in [2.24, 2.45) is 0 Å². The fourth-order valence-electron chi connectivity index (χ4n) is 4.82. The van der Waals surface area contributed by atoms with E-state index < -0.39 is 10.4 Å². The summed E-state index contributed by atoms with van der Waals surface area (Å²) >= 11 is 0. The molecule has 0 spiro atoms. The molecule has 39 heavy (non-hydrogen) atoms. The van der Waals surface area contributed by atoms with Gasteiger partial charge in [-0.25, -0.2) is 13.0 Å². The van der Waals surface area contributed by atoms with Crippen molar-refractivity contribution in [2.45, 2.75) is 174 Å². The van der Waals surface area contributed by atoms with Gasteiger partial charge in [0.25, 0.3) is 0 Å². The van der Waals surface area contributed by atoms with Gasteiger partial charge in [-0.15, -0.1) is 0 Å². The normalized spacial score (nSPS) is 11.4. The Balaban J connectivity index is 0.000000768. The van der Waals surface area contributed by atoms with E-state index in [1.807, 2.05) is 0 Å². The highest BCUT2D eigenvalue weighted by Gasteiger charge is 1.98. The summed E-state index contributed by atoms with van der Waals surface area (Å²) < 4.78 is 36.8. The van der Waals surface area contributed by atoms with Crippen molar-refractivity contribution in [3.63, 3.8) is 0 Å². The molecule has 0 saturated carbocycles. The van der Waals surface area contributed by atoms with Crippen LogP contribution in [0.1, 0.15) is 168 Å². The molecule has 0 atom stereocenters. The van der Waals surface area contributed by atoms with Gasteiger partial charge < -0.3 is 4.55 Å². The lowest BCUT2D eigenvalue weighted by Gasteiger charge is -2.06. The zero-order valence-electron chi connectivity index (χ0n) is 25.8. The molecule has 1 rings (SSSR count). The Hall–Kier alpha value is -0.980. The molecule has 0 saturated heterocycles. The van der Waals surface area contributed by atoms with E-state index in [2.05, 4.69) is 53.2 Å². The van der Waals surface area contributed by atoms with Crippen molar-refractivity contribution >= 4 is 10.4 Å². The molecular formula is C33H63NO4S. The fourth-order valence-corrected chi connectivity index (χ4v) is 5.14. The minimum atomic E-state index is -4.48. The highest BCUT2D eigenvalue weighted by Crippen LogP contribution is 2.13. The molecule has 5 nitrogen and oxygen atoms in total. The van der Waals surface area contributed by atoms with Crippen LogP contribution in [-0.2, 0) is 21.1 Å². The van der Waals surface area contributed by atoms with Gasteiger partial charge in [0, 0.05) is 18.6 Å². The summed E-state index contributed by atoms with van der Waals surface area (Å²) in [6.45, 7) is 5.71. The van der Waals surface area contributed by atoms with E-state index in [-0.39, 0.29) is 6.61 Å². The second kappa shape index (κ2) is 30.0. The van der Waals surface area contributed by atoms with E-state index >= 15 is 0 Å². The predicted octanol–water partition coefficient (Wildman–Crippen LogP) is 9.84. The van der Waals surface area contributed by atoms with Crippen molar-refractivity contribution in [1.29, 1.82) is 0 Å². The Labute approximate surface area is 243 Å². The highest BCUT2D eigenvalue weighted by atomic mass is 32.3. The van der Waals surface area contributed by atoms with E-state index in [0.717, 1.165) is 12.8 Å². The van der Waals surface area contributed by atoms with E-state index in [9.17, 15) is 13.0 Å². The fraction of sp³-hybridized carbons (Fsp3) is 0.848. The lowest BCUT2D eigenvalue weighted by molar-refractivity contribution is -0.697. The molecule has 0 radical (unpaired) electrons. The van der Waals surface area contributed by atoms with Crippen LogP contribution in [0.25, 0.3) is 0 Å². The number of nitrogens with zero attached hydrogens (tertiary/aromatic N) is 1. The Kier molecular flexibility index (Phi) is 29.2. The molecule has 230 valence electrons. The quantitative estimate of drug-likeness (QED) is 0.0457. The SMILES string of the molecule is CCCCCCCCCCCCCCCC[n+]1ccccc1.CCCCCCCCCCCCOS(=O)(=O)[O-]. The standard InChI is InChI=1S/C21H38N.C12H26O4S/c1-2-3-4-5-6-7-8-9-10-11-12-13-14-16-19-22-20-17-15-18-21-22;1-2-3-4-5-6-7-8-9-10-11-12-16-17(13,14)15/h15,17-18,20-21H,2-14,16,19H2,1H3;2-12H2,1H3,(H,13,14,15)/q+1;/p-1. The Morgan fingerprint density at radius 2 is 0.846 bits per heavy atom. The van der Waals surface area contributed by atoms with Gasteiger partial charge in [-0.05, 0) is 12.8 Å². The molecule has 0 aromatic carbocycles. The second-order valence-corrected chi connectivity index (χ2v) is 12.2. The first-order valence-corrected chi connectivity index (χ1v) is 17.9. The number of unbranched alkanes of at least 4 members (excludes halogenated alkanes) is 22. The minimum absolute atomic E-state index is 0.0301. The van der Waals surface area contributed by atoms with Crippen LogP contribution in [0, 0.1) is 0 Å². The molecular weight excluding hydrogens is 506 g/mol. The number of pyridine rings is 1. The molecule has 0 bridgehead atoms. The van der Waals surface area contributed by atoms with Crippen molar-refractivity contribution in [3.8, 4) is 0 Å². The third kappa shape index (κ3) is 33.1. The topological polar surface area (TPSA) is 70.3 Å². The van der Waals surface area contributed by atoms with Gasteiger partial charge in [-0.2, -0.15) is 0 Å². The van der Waals surface area contributed by atoms with Crippen molar-refractivity contribution in [3.05, 3.63) is 30.6 Å². The number of hydrogen-bond donors (Lipinski definition) is 0. The maximum Gasteiger partial charge on any atom is 0.217 e. The van der Waals surface area contributed by atoms with Crippen molar-refractivity contribution in [2.75, 3.05) is 6.61 Å². The third-order valence-corrected chi connectivity index (χ3v) is 7.73. The highest BCUT2D eigenvalue weighted by molar-refractivity contribution is 7.80. The summed E-state index contributed by atoms with van der Waals surface area (Å²) in [6, 6.07) is 6.31. The van der Waals surface area contributed by atoms with Gasteiger partial charge in [-0.3, -0.25) is 4.18 Å². The molecule has 1 aromatic rings. The minimum Gasteiger partial charge on any atom is -0.726 e. The van der Waals surface area contributed by atoms with Crippen LogP contribution in [0.5, 0.6) is 0 Å². The first-order chi connectivity index (χ1) is 19.0. The van der Waals surface area contributed by atoms with E-state index in [1.165, 1.54) is 141 Å². The summed E-state index contributed by atoms with van der Waals surface area (Å²) in [7, 11) is -4.48. The maximum atomic E-state index is 10.1. The van der Waals surface area contributed by atoms with Gasteiger partial charge in [0.1, 0.15) is 6.54 Å². The molecule has 1 heterocycles.